The van der Waals surface area contributed by atoms with Gasteiger partial charge in [-0.25, -0.2) is 13.8 Å². The van der Waals surface area contributed by atoms with Crippen LogP contribution in [0.4, 0.5) is 8.78 Å². The molecule has 1 aromatic carbocycles. The van der Waals surface area contributed by atoms with Crippen LogP contribution < -0.4 is 5.73 Å². The van der Waals surface area contributed by atoms with Gasteiger partial charge in [-0.05, 0) is 12.1 Å². The zero-order chi connectivity index (χ0) is 11.7. The third kappa shape index (κ3) is 1.65. The smallest absolute Gasteiger partial charge is 0.270 e. The van der Waals surface area contributed by atoms with Gasteiger partial charge in [0.25, 0.3) is 5.91 Å². The third-order valence-corrected chi connectivity index (χ3v) is 1.93. The number of primary amides is 1. The zero-order valence-electron chi connectivity index (χ0n) is 7.91. The molecule has 0 saturated heterocycles. The molecule has 0 bridgehead atoms. The second kappa shape index (κ2) is 3.73. The highest BCUT2D eigenvalue weighted by molar-refractivity contribution is 5.90. The van der Waals surface area contributed by atoms with E-state index in [4.69, 9.17) is 10.2 Å². The van der Waals surface area contributed by atoms with Crippen molar-refractivity contribution in [1.82, 2.24) is 4.98 Å². The normalized spacial score (nSPS) is 10.4. The summed E-state index contributed by atoms with van der Waals surface area (Å²) in [5.41, 5.74) is 4.33. The van der Waals surface area contributed by atoms with Gasteiger partial charge in [0.15, 0.2) is 5.69 Å². The number of benzene rings is 1. The SMILES string of the molecule is NC(=O)c1coc(-c2c(F)cccc2F)n1. The number of nitrogens with zero attached hydrogens (tertiary/aromatic N) is 1. The molecule has 0 aliphatic heterocycles. The molecule has 0 saturated carbocycles. The van der Waals surface area contributed by atoms with Crippen molar-refractivity contribution in [2.24, 2.45) is 5.73 Å². The monoisotopic (exact) mass is 224 g/mol. The van der Waals surface area contributed by atoms with Crippen molar-refractivity contribution in [1.29, 1.82) is 0 Å². The van der Waals surface area contributed by atoms with Crippen LogP contribution in [0.3, 0.4) is 0 Å². The van der Waals surface area contributed by atoms with Gasteiger partial charge < -0.3 is 10.2 Å². The third-order valence-electron chi connectivity index (χ3n) is 1.93. The molecule has 0 spiro atoms. The summed E-state index contributed by atoms with van der Waals surface area (Å²) in [5, 5.41) is 0. The molecular formula is C10H6F2N2O2. The number of rotatable bonds is 2. The Morgan fingerprint density at radius 2 is 1.94 bits per heavy atom. The number of nitrogens with two attached hydrogens (primary N) is 1. The van der Waals surface area contributed by atoms with Gasteiger partial charge >= 0.3 is 0 Å². The highest BCUT2D eigenvalue weighted by Crippen LogP contribution is 2.24. The zero-order valence-corrected chi connectivity index (χ0v) is 7.91. The number of carbonyl (C=O) groups excluding carboxylic acids is 1. The van der Waals surface area contributed by atoms with Crippen LogP contribution in [-0.4, -0.2) is 10.9 Å². The van der Waals surface area contributed by atoms with Crippen molar-refractivity contribution in [2.45, 2.75) is 0 Å². The molecule has 1 heterocycles. The standard InChI is InChI=1S/C10H6F2N2O2/c11-5-2-1-3-6(12)8(5)10-14-7(4-16-10)9(13)15/h1-4H,(H2,13,15). The van der Waals surface area contributed by atoms with Gasteiger partial charge in [0, 0.05) is 0 Å². The highest BCUT2D eigenvalue weighted by atomic mass is 19.1. The summed E-state index contributed by atoms with van der Waals surface area (Å²) in [5.74, 6) is -2.79. The van der Waals surface area contributed by atoms with Crippen LogP contribution in [0, 0.1) is 11.6 Å². The molecule has 0 aliphatic rings. The fourth-order valence-electron chi connectivity index (χ4n) is 1.20. The van der Waals surface area contributed by atoms with Crippen LogP contribution in [0.25, 0.3) is 11.5 Å². The quantitative estimate of drug-likeness (QED) is 0.844. The van der Waals surface area contributed by atoms with E-state index in [0.717, 1.165) is 18.4 Å². The largest absolute Gasteiger partial charge is 0.443 e. The first-order valence-electron chi connectivity index (χ1n) is 4.29. The predicted molar refractivity (Wildman–Crippen MR) is 50.4 cm³/mol. The van der Waals surface area contributed by atoms with E-state index in [-0.39, 0.29) is 11.6 Å². The first kappa shape index (κ1) is 10.3. The Hall–Kier alpha value is -2.24. The molecule has 2 aromatic rings. The van der Waals surface area contributed by atoms with E-state index >= 15 is 0 Å². The van der Waals surface area contributed by atoms with Crippen LogP contribution in [0.5, 0.6) is 0 Å². The van der Waals surface area contributed by atoms with E-state index < -0.39 is 23.1 Å². The summed E-state index contributed by atoms with van der Waals surface area (Å²) < 4.78 is 31.4. The van der Waals surface area contributed by atoms with Gasteiger partial charge in [0.1, 0.15) is 23.5 Å². The second-order valence-corrected chi connectivity index (χ2v) is 3.00. The number of aromatic nitrogens is 1. The Morgan fingerprint density at radius 1 is 1.31 bits per heavy atom. The highest BCUT2D eigenvalue weighted by Gasteiger charge is 2.17. The average Bonchev–Trinajstić information content (AvgIpc) is 2.66. The van der Waals surface area contributed by atoms with Crippen molar-refractivity contribution in [3.05, 3.63) is 41.8 Å². The lowest BCUT2D eigenvalue weighted by Crippen LogP contribution is -2.11. The van der Waals surface area contributed by atoms with Gasteiger partial charge in [-0.15, -0.1) is 0 Å². The lowest BCUT2D eigenvalue weighted by molar-refractivity contribution is 0.0995. The van der Waals surface area contributed by atoms with Gasteiger partial charge in [0.2, 0.25) is 5.89 Å². The van der Waals surface area contributed by atoms with Crippen molar-refractivity contribution >= 4 is 5.91 Å². The average molecular weight is 224 g/mol. The topological polar surface area (TPSA) is 69.1 Å². The molecule has 0 radical (unpaired) electrons. The number of hydrogen-bond donors (Lipinski definition) is 1. The van der Waals surface area contributed by atoms with Crippen molar-refractivity contribution in [3.63, 3.8) is 0 Å². The molecular weight excluding hydrogens is 218 g/mol. The van der Waals surface area contributed by atoms with Crippen LogP contribution in [-0.2, 0) is 0 Å². The number of amides is 1. The van der Waals surface area contributed by atoms with E-state index in [1.165, 1.54) is 6.07 Å². The number of halogens is 2. The van der Waals surface area contributed by atoms with E-state index in [9.17, 15) is 13.6 Å². The van der Waals surface area contributed by atoms with E-state index in [0.29, 0.717) is 0 Å². The lowest BCUT2D eigenvalue weighted by atomic mass is 10.2. The van der Waals surface area contributed by atoms with Gasteiger partial charge in [-0.2, -0.15) is 0 Å². The predicted octanol–water partition coefficient (Wildman–Crippen LogP) is 1.72. The van der Waals surface area contributed by atoms with Gasteiger partial charge in [0.05, 0.1) is 0 Å². The van der Waals surface area contributed by atoms with Crippen molar-refractivity contribution in [3.8, 4) is 11.5 Å². The molecule has 82 valence electrons. The second-order valence-electron chi connectivity index (χ2n) is 3.00. The molecule has 0 unspecified atom stereocenters. The van der Waals surface area contributed by atoms with Crippen LogP contribution in [0.1, 0.15) is 10.5 Å². The summed E-state index contributed by atoms with van der Waals surface area (Å²) in [4.78, 5) is 14.3. The molecule has 4 nitrogen and oxygen atoms in total. The minimum Gasteiger partial charge on any atom is -0.443 e. The first-order valence-corrected chi connectivity index (χ1v) is 4.29. The Bertz CT molecular complexity index is 531. The van der Waals surface area contributed by atoms with E-state index in [1.54, 1.807) is 0 Å². The van der Waals surface area contributed by atoms with Crippen LogP contribution >= 0.6 is 0 Å². The van der Waals surface area contributed by atoms with Gasteiger partial charge in [-0.1, -0.05) is 6.07 Å². The molecule has 0 aliphatic carbocycles. The molecule has 2 N–H and O–H groups in total. The molecule has 6 heteroatoms. The number of oxazole rings is 1. The summed E-state index contributed by atoms with van der Waals surface area (Å²) in [6.45, 7) is 0. The Labute approximate surface area is 88.7 Å². The summed E-state index contributed by atoms with van der Waals surface area (Å²) in [7, 11) is 0. The fourth-order valence-corrected chi connectivity index (χ4v) is 1.20. The first-order chi connectivity index (χ1) is 7.59. The number of carbonyl (C=O) groups is 1. The fraction of sp³-hybridized carbons (Fsp3) is 0. The molecule has 16 heavy (non-hydrogen) atoms. The summed E-state index contributed by atoms with van der Waals surface area (Å²) >= 11 is 0. The van der Waals surface area contributed by atoms with E-state index in [2.05, 4.69) is 4.98 Å². The minimum atomic E-state index is -0.827. The molecule has 0 atom stereocenters. The minimum absolute atomic E-state index is 0.183. The maximum Gasteiger partial charge on any atom is 0.270 e. The summed E-state index contributed by atoms with van der Waals surface area (Å²) in [6.07, 6.45) is 0.948. The number of hydrogen-bond acceptors (Lipinski definition) is 3. The molecule has 1 aromatic heterocycles. The summed E-state index contributed by atoms with van der Waals surface area (Å²) in [6, 6.07) is 3.34. The Kier molecular flexibility index (Phi) is 2.40. The molecule has 0 fully saturated rings. The maximum atomic E-state index is 13.3. The Morgan fingerprint density at radius 3 is 2.44 bits per heavy atom. The van der Waals surface area contributed by atoms with E-state index in [1.807, 2.05) is 0 Å². The van der Waals surface area contributed by atoms with Gasteiger partial charge in [-0.3, -0.25) is 4.79 Å². The molecule has 1 amide bonds. The maximum absolute atomic E-state index is 13.3. The van der Waals surface area contributed by atoms with Crippen molar-refractivity contribution in [2.75, 3.05) is 0 Å². The Balaban J connectivity index is 2.54. The lowest BCUT2D eigenvalue weighted by Gasteiger charge is -1.98. The van der Waals surface area contributed by atoms with Crippen LogP contribution in [0.2, 0.25) is 0 Å². The van der Waals surface area contributed by atoms with Crippen molar-refractivity contribution < 1.29 is 18.0 Å². The molecule has 2 rings (SSSR count). The van der Waals surface area contributed by atoms with Crippen LogP contribution in [0.15, 0.2) is 28.9 Å².